The molecular weight excluding hydrogens is 266 g/mol. The number of fused-ring (bicyclic) bond motifs is 1. The minimum Gasteiger partial charge on any atom is -0.394 e. The molecule has 6 nitrogen and oxygen atoms in total. The number of aromatic nitrogens is 2. The fourth-order valence-corrected chi connectivity index (χ4v) is 3.70. The van der Waals surface area contributed by atoms with Crippen molar-refractivity contribution in [1.82, 2.24) is 9.97 Å². The van der Waals surface area contributed by atoms with E-state index in [0.717, 1.165) is 11.3 Å². The molecule has 0 saturated carbocycles. The number of nitrogens with one attached hydrogen (secondary N) is 1. The zero-order valence-electron chi connectivity index (χ0n) is 10.4. The van der Waals surface area contributed by atoms with Crippen LogP contribution in [-0.2, 0) is 4.74 Å². The Bertz CT molecular complexity index is 666. The summed E-state index contributed by atoms with van der Waals surface area (Å²) in [5.41, 5.74) is 5.98. The molecule has 1 aliphatic rings. The first-order chi connectivity index (χ1) is 9.10. The van der Waals surface area contributed by atoms with Gasteiger partial charge in [-0.15, -0.1) is 11.3 Å². The third-order valence-corrected chi connectivity index (χ3v) is 4.50. The Morgan fingerprint density at radius 3 is 3.16 bits per heavy atom. The summed E-state index contributed by atoms with van der Waals surface area (Å²) in [6.07, 6.45) is 0.532. The van der Waals surface area contributed by atoms with Crippen LogP contribution in [0.1, 0.15) is 24.3 Å². The van der Waals surface area contributed by atoms with Crippen LogP contribution in [0.3, 0.4) is 0 Å². The minimum atomic E-state index is -0.227. The fourth-order valence-electron chi connectivity index (χ4n) is 2.55. The summed E-state index contributed by atoms with van der Waals surface area (Å²) in [6, 6.07) is 0. The van der Waals surface area contributed by atoms with Gasteiger partial charge in [0.05, 0.1) is 34.6 Å². The number of aliphatic hydroxyl groups is 1. The molecule has 102 valence electrons. The number of nitrogen functional groups attached to an aromatic ring is 1. The maximum atomic E-state index is 11.8. The number of aliphatic hydroxyl groups excluding tert-OH is 1. The molecule has 1 saturated heterocycles. The van der Waals surface area contributed by atoms with Gasteiger partial charge in [-0.05, 0) is 12.3 Å². The second-order valence-electron chi connectivity index (χ2n) is 4.89. The van der Waals surface area contributed by atoms with E-state index in [-0.39, 0.29) is 36.2 Å². The highest BCUT2D eigenvalue weighted by Crippen LogP contribution is 2.42. The molecule has 2 aromatic rings. The quantitative estimate of drug-likeness (QED) is 0.763. The van der Waals surface area contributed by atoms with Crippen LogP contribution < -0.4 is 11.3 Å². The molecule has 0 spiro atoms. The summed E-state index contributed by atoms with van der Waals surface area (Å²) in [6.45, 7) is 2.09. The van der Waals surface area contributed by atoms with Crippen molar-refractivity contribution in [2.45, 2.75) is 25.6 Å². The number of nitrogens with two attached hydrogens (primary N) is 1. The number of H-pyrrole nitrogens is 1. The van der Waals surface area contributed by atoms with Gasteiger partial charge in [0.2, 0.25) is 5.95 Å². The van der Waals surface area contributed by atoms with Crippen LogP contribution >= 0.6 is 11.3 Å². The Labute approximate surface area is 113 Å². The van der Waals surface area contributed by atoms with Crippen molar-refractivity contribution in [2.24, 2.45) is 5.92 Å². The van der Waals surface area contributed by atoms with Crippen LogP contribution in [0.5, 0.6) is 0 Å². The molecule has 0 aromatic carbocycles. The summed E-state index contributed by atoms with van der Waals surface area (Å²) in [4.78, 5) is 19.4. The van der Waals surface area contributed by atoms with Gasteiger partial charge in [-0.3, -0.25) is 9.78 Å². The number of thiophene rings is 1. The highest BCUT2D eigenvalue weighted by molar-refractivity contribution is 7.11. The Morgan fingerprint density at radius 2 is 2.47 bits per heavy atom. The predicted molar refractivity (Wildman–Crippen MR) is 73.1 cm³/mol. The van der Waals surface area contributed by atoms with Crippen molar-refractivity contribution in [3.63, 3.8) is 0 Å². The Balaban J connectivity index is 2.09. The smallest absolute Gasteiger partial charge is 0.261 e. The van der Waals surface area contributed by atoms with E-state index < -0.39 is 0 Å². The number of hydrogen-bond acceptors (Lipinski definition) is 6. The molecule has 0 amide bonds. The number of ether oxygens (including phenoxy) is 1. The summed E-state index contributed by atoms with van der Waals surface area (Å²) < 4.78 is 5.82. The van der Waals surface area contributed by atoms with Gasteiger partial charge in [0, 0.05) is 5.38 Å². The lowest BCUT2D eigenvalue weighted by atomic mass is 10.0. The van der Waals surface area contributed by atoms with E-state index in [1.54, 1.807) is 5.38 Å². The van der Waals surface area contributed by atoms with Gasteiger partial charge in [-0.25, -0.2) is 4.98 Å². The lowest BCUT2D eigenvalue weighted by Gasteiger charge is -2.13. The average Bonchev–Trinajstić information content (AvgIpc) is 2.92. The van der Waals surface area contributed by atoms with Crippen LogP contribution in [0.25, 0.3) is 10.9 Å². The molecular formula is C12H15N3O3S. The van der Waals surface area contributed by atoms with Crippen molar-refractivity contribution in [2.75, 3.05) is 12.3 Å². The number of hydrogen-bond donors (Lipinski definition) is 3. The number of aromatic amines is 1. The molecule has 0 bridgehead atoms. The molecule has 0 aliphatic carbocycles. The lowest BCUT2D eigenvalue weighted by Crippen LogP contribution is -2.12. The molecule has 3 rings (SSSR count). The fraction of sp³-hybridized carbons (Fsp3) is 0.500. The van der Waals surface area contributed by atoms with Crippen LogP contribution in [0.15, 0.2) is 10.2 Å². The van der Waals surface area contributed by atoms with Gasteiger partial charge in [0.1, 0.15) is 0 Å². The lowest BCUT2D eigenvalue weighted by molar-refractivity contribution is 0.00732. The second kappa shape index (κ2) is 4.59. The van der Waals surface area contributed by atoms with Crippen LogP contribution in [0.4, 0.5) is 5.95 Å². The Morgan fingerprint density at radius 1 is 1.68 bits per heavy atom. The van der Waals surface area contributed by atoms with Gasteiger partial charge < -0.3 is 15.6 Å². The van der Waals surface area contributed by atoms with Crippen LogP contribution in [0.2, 0.25) is 0 Å². The van der Waals surface area contributed by atoms with E-state index in [1.165, 1.54) is 11.3 Å². The topological polar surface area (TPSA) is 101 Å². The van der Waals surface area contributed by atoms with E-state index in [9.17, 15) is 9.90 Å². The molecule has 2 aromatic heterocycles. The molecule has 19 heavy (non-hydrogen) atoms. The largest absolute Gasteiger partial charge is 0.394 e. The van der Waals surface area contributed by atoms with Crippen molar-refractivity contribution >= 4 is 28.2 Å². The van der Waals surface area contributed by atoms with Crippen molar-refractivity contribution in [1.29, 1.82) is 0 Å². The molecule has 7 heteroatoms. The monoisotopic (exact) mass is 281 g/mol. The van der Waals surface area contributed by atoms with Gasteiger partial charge in [0.25, 0.3) is 5.56 Å². The average molecular weight is 281 g/mol. The molecule has 1 aliphatic heterocycles. The van der Waals surface area contributed by atoms with E-state index in [4.69, 9.17) is 10.5 Å². The van der Waals surface area contributed by atoms with Crippen molar-refractivity contribution < 1.29 is 9.84 Å². The number of nitrogens with zero attached hydrogens (tertiary/aromatic N) is 1. The summed E-state index contributed by atoms with van der Waals surface area (Å²) in [5.74, 6) is 0.392. The maximum absolute atomic E-state index is 11.8. The third kappa shape index (κ3) is 2.03. The highest BCUT2D eigenvalue weighted by Gasteiger charge is 2.35. The maximum Gasteiger partial charge on any atom is 0.261 e. The predicted octanol–water partition coefficient (Wildman–Crippen LogP) is 1.03. The van der Waals surface area contributed by atoms with Crippen LogP contribution in [-0.4, -0.2) is 27.8 Å². The van der Waals surface area contributed by atoms with Crippen LogP contribution in [0, 0.1) is 5.92 Å². The SMILES string of the molecule is CC1CC(CO)OC1c1scc2c(=O)[nH]c(N)nc12. The normalized spacial score (nSPS) is 27.2. The molecule has 1 fully saturated rings. The molecule has 3 heterocycles. The first-order valence-electron chi connectivity index (χ1n) is 6.13. The standard InChI is InChI=1S/C12H15N3O3S/c1-5-2-6(3-16)18-9(5)10-8-7(4-19-10)11(17)15-12(13)14-8/h4-6,9,16H,2-3H2,1H3,(H3,13,14,15,17). The van der Waals surface area contributed by atoms with Gasteiger partial charge in [-0.1, -0.05) is 6.92 Å². The van der Waals surface area contributed by atoms with E-state index >= 15 is 0 Å². The zero-order chi connectivity index (χ0) is 13.6. The number of anilines is 1. The van der Waals surface area contributed by atoms with Crippen molar-refractivity contribution in [3.8, 4) is 0 Å². The van der Waals surface area contributed by atoms with E-state index in [2.05, 4.69) is 16.9 Å². The second-order valence-corrected chi connectivity index (χ2v) is 5.80. The molecule has 3 atom stereocenters. The zero-order valence-corrected chi connectivity index (χ0v) is 11.2. The molecule has 3 unspecified atom stereocenters. The molecule has 4 N–H and O–H groups in total. The minimum absolute atomic E-state index is 0.0142. The van der Waals surface area contributed by atoms with Gasteiger partial charge in [0.15, 0.2) is 0 Å². The van der Waals surface area contributed by atoms with Crippen molar-refractivity contribution in [3.05, 3.63) is 20.6 Å². The third-order valence-electron chi connectivity index (χ3n) is 3.46. The van der Waals surface area contributed by atoms with Gasteiger partial charge >= 0.3 is 0 Å². The summed E-state index contributed by atoms with van der Waals surface area (Å²) >= 11 is 1.45. The Kier molecular flexibility index (Phi) is 3.04. The Hall–Kier alpha value is -1.44. The summed E-state index contributed by atoms with van der Waals surface area (Å²) in [5, 5.41) is 11.5. The first-order valence-corrected chi connectivity index (χ1v) is 7.01. The first kappa shape index (κ1) is 12.6. The van der Waals surface area contributed by atoms with E-state index in [0.29, 0.717) is 10.9 Å². The number of rotatable bonds is 2. The van der Waals surface area contributed by atoms with Gasteiger partial charge in [-0.2, -0.15) is 0 Å². The van der Waals surface area contributed by atoms with E-state index in [1.807, 2.05) is 0 Å². The molecule has 0 radical (unpaired) electrons. The summed E-state index contributed by atoms with van der Waals surface area (Å²) in [7, 11) is 0. The highest BCUT2D eigenvalue weighted by atomic mass is 32.1.